The van der Waals surface area contributed by atoms with Crippen LogP contribution in [0.1, 0.15) is 25.8 Å². The van der Waals surface area contributed by atoms with E-state index < -0.39 is 11.9 Å². The normalized spacial score (nSPS) is 12.0. The van der Waals surface area contributed by atoms with E-state index in [4.69, 9.17) is 20.5 Å². The number of primary amides is 1. The molecule has 0 radical (unpaired) electrons. The number of hydrogen-bond donors (Lipinski definition) is 2. The summed E-state index contributed by atoms with van der Waals surface area (Å²) in [5.41, 5.74) is 5.13. The molecule has 8 heteroatoms. The zero-order chi connectivity index (χ0) is 18.3. The highest BCUT2D eigenvalue weighted by molar-refractivity contribution is 9.10. The van der Waals surface area contributed by atoms with Gasteiger partial charge in [-0.05, 0) is 53.0 Å². The van der Waals surface area contributed by atoms with Crippen LogP contribution in [0.25, 0.3) is 6.08 Å². The molecule has 0 spiro atoms. The Bertz CT molecular complexity index is 710. The van der Waals surface area contributed by atoms with Gasteiger partial charge in [-0.2, -0.15) is 5.26 Å². The van der Waals surface area contributed by atoms with Gasteiger partial charge in [0.05, 0.1) is 17.7 Å². The van der Waals surface area contributed by atoms with E-state index in [0.717, 1.165) is 6.42 Å². The van der Waals surface area contributed by atoms with Crippen LogP contribution in [-0.4, -0.2) is 25.2 Å². The maximum Gasteiger partial charge on any atom is 0.319 e. The fourth-order valence-electron chi connectivity index (χ4n) is 1.72. The van der Waals surface area contributed by atoms with Crippen molar-refractivity contribution in [1.29, 1.82) is 5.26 Å². The Morgan fingerprint density at radius 2 is 2.17 bits per heavy atom. The highest BCUT2D eigenvalue weighted by Gasteiger charge is 2.16. The molecule has 1 atom stereocenters. The number of ether oxygens (including phenoxy) is 2. The van der Waals surface area contributed by atoms with Crippen molar-refractivity contribution in [3.05, 3.63) is 27.7 Å². The van der Waals surface area contributed by atoms with Crippen LogP contribution in [0.5, 0.6) is 11.5 Å². The molecule has 0 aromatic heterocycles. The van der Waals surface area contributed by atoms with Crippen molar-refractivity contribution in [1.82, 2.24) is 5.32 Å². The third kappa shape index (κ3) is 5.28. The van der Waals surface area contributed by atoms with E-state index in [9.17, 15) is 9.59 Å². The Balaban J connectivity index is 3.24. The molecule has 3 N–H and O–H groups in total. The first-order valence-corrected chi connectivity index (χ1v) is 7.88. The second kappa shape index (κ2) is 8.93. The zero-order valence-electron chi connectivity index (χ0n) is 13.6. The van der Waals surface area contributed by atoms with Gasteiger partial charge in [0.25, 0.3) is 5.91 Å². The predicted octanol–water partition coefficient (Wildman–Crippen LogP) is 2.74. The van der Waals surface area contributed by atoms with Gasteiger partial charge in [-0.1, -0.05) is 6.92 Å². The number of nitriles is 1. The molecule has 0 unspecified atom stereocenters. The lowest BCUT2D eigenvalue weighted by Gasteiger charge is -2.17. The van der Waals surface area contributed by atoms with E-state index in [2.05, 4.69) is 15.9 Å². The molecule has 0 heterocycles. The van der Waals surface area contributed by atoms with Crippen LogP contribution in [0, 0.1) is 11.3 Å². The minimum absolute atomic E-state index is 0.00685. The molecule has 7 nitrogen and oxygen atoms in total. The van der Waals surface area contributed by atoms with Gasteiger partial charge in [-0.25, -0.2) is 4.79 Å². The minimum atomic E-state index is -1.03. The van der Waals surface area contributed by atoms with Crippen molar-refractivity contribution in [3.63, 3.8) is 0 Å². The van der Waals surface area contributed by atoms with Gasteiger partial charge in [0.1, 0.15) is 11.6 Å². The quantitative estimate of drug-likeness (QED) is 0.567. The number of halogens is 1. The highest BCUT2D eigenvalue weighted by atomic mass is 79.9. The average Bonchev–Trinajstić information content (AvgIpc) is 2.53. The van der Waals surface area contributed by atoms with Crippen LogP contribution >= 0.6 is 15.9 Å². The Labute approximate surface area is 148 Å². The van der Waals surface area contributed by atoms with Gasteiger partial charge in [0, 0.05) is 0 Å². The van der Waals surface area contributed by atoms with E-state index >= 15 is 0 Å². The van der Waals surface area contributed by atoms with Gasteiger partial charge in [0.2, 0.25) is 0 Å². The molecule has 1 aromatic rings. The van der Waals surface area contributed by atoms with Crippen molar-refractivity contribution >= 4 is 33.9 Å². The van der Waals surface area contributed by atoms with E-state index in [1.165, 1.54) is 13.2 Å². The van der Waals surface area contributed by atoms with E-state index in [-0.39, 0.29) is 11.7 Å². The fourth-order valence-corrected chi connectivity index (χ4v) is 2.27. The van der Waals surface area contributed by atoms with Gasteiger partial charge < -0.3 is 15.2 Å². The van der Waals surface area contributed by atoms with Crippen LogP contribution in [0.2, 0.25) is 0 Å². The third-order valence-electron chi connectivity index (χ3n) is 3.06. The van der Waals surface area contributed by atoms with E-state index in [0.29, 0.717) is 21.5 Å². The number of imide groups is 1. The smallest absolute Gasteiger partial charge is 0.319 e. The maximum absolute atomic E-state index is 11.7. The summed E-state index contributed by atoms with van der Waals surface area (Å²) in [6.45, 7) is 3.93. The number of urea groups is 1. The molecular formula is C16H18BrN3O4. The number of carbonyl (C=O) groups excluding carboxylic acids is 2. The van der Waals surface area contributed by atoms with Crippen LogP contribution in [0.4, 0.5) is 4.79 Å². The molecule has 3 amide bonds. The summed E-state index contributed by atoms with van der Waals surface area (Å²) in [4.78, 5) is 22.4. The standard InChI is InChI=1S/C16H18BrN3O4/c1-4-9(2)24-14-12(17)6-10(7-13(14)23-3)5-11(8-18)15(21)20-16(19)22/h5-7,9H,4H2,1-3H3,(H3,19,20,21,22)/b11-5-/t9-/m1/s1. The third-order valence-corrected chi connectivity index (χ3v) is 3.65. The van der Waals surface area contributed by atoms with Crippen LogP contribution in [-0.2, 0) is 4.79 Å². The maximum atomic E-state index is 11.7. The minimum Gasteiger partial charge on any atom is -0.493 e. The predicted molar refractivity (Wildman–Crippen MR) is 92.4 cm³/mol. The molecule has 0 saturated heterocycles. The van der Waals surface area contributed by atoms with Gasteiger partial charge in [-0.15, -0.1) is 0 Å². The van der Waals surface area contributed by atoms with Crippen molar-refractivity contribution in [2.45, 2.75) is 26.4 Å². The van der Waals surface area contributed by atoms with Crippen LogP contribution in [0.3, 0.4) is 0 Å². The second-order valence-electron chi connectivity index (χ2n) is 4.86. The van der Waals surface area contributed by atoms with E-state index in [1.807, 2.05) is 19.2 Å². The summed E-state index contributed by atoms with van der Waals surface area (Å²) >= 11 is 3.39. The lowest BCUT2D eigenvalue weighted by Crippen LogP contribution is -2.35. The lowest BCUT2D eigenvalue weighted by molar-refractivity contribution is -0.115. The van der Waals surface area contributed by atoms with Crippen LogP contribution < -0.4 is 20.5 Å². The summed E-state index contributed by atoms with van der Waals surface area (Å²) in [5.74, 6) is 0.104. The van der Waals surface area contributed by atoms with E-state index in [1.54, 1.807) is 18.2 Å². The summed E-state index contributed by atoms with van der Waals surface area (Å²) in [6, 6.07) is 3.99. The van der Waals surface area contributed by atoms with Crippen molar-refractivity contribution in [3.8, 4) is 17.6 Å². The second-order valence-corrected chi connectivity index (χ2v) is 5.71. The highest BCUT2D eigenvalue weighted by Crippen LogP contribution is 2.38. The number of amides is 3. The SMILES string of the molecule is CC[C@@H](C)Oc1c(Br)cc(/C=C(/C#N)C(=O)NC(N)=O)cc1OC. The first-order valence-electron chi connectivity index (χ1n) is 7.09. The Hall–Kier alpha value is -2.53. The molecule has 0 bridgehead atoms. The molecule has 0 fully saturated rings. The molecule has 24 heavy (non-hydrogen) atoms. The molecule has 1 rings (SSSR count). The van der Waals surface area contributed by atoms with Crippen molar-refractivity contribution < 1.29 is 19.1 Å². The fraction of sp³-hybridized carbons (Fsp3) is 0.312. The number of benzene rings is 1. The number of nitrogens with two attached hydrogens (primary N) is 1. The number of carbonyl (C=O) groups is 2. The summed E-state index contributed by atoms with van der Waals surface area (Å²) in [5, 5.41) is 10.9. The largest absolute Gasteiger partial charge is 0.493 e. The number of nitrogens with one attached hydrogen (secondary N) is 1. The molecule has 0 saturated carbocycles. The molecule has 128 valence electrons. The summed E-state index contributed by atoms with van der Waals surface area (Å²) in [7, 11) is 1.49. The molecule has 0 aliphatic carbocycles. The molecular weight excluding hydrogens is 378 g/mol. The van der Waals surface area contributed by atoms with Gasteiger partial charge in [-0.3, -0.25) is 10.1 Å². The number of rotatable bonds is 6. The summed E-state index contributed by atoms with van der Waals surface area (Å²) < 4.78 is 11.7. The number of methoxy groups -OCH3 is 1. The van der Waals surface area contributed by atoms with Crippen molar-refractivity contribution in [2.75, 3.05) is 7.11 Å². The topological polar surface area (TPSA) is 114 Å². The molecule has 0 aliphatic rings. The Morgan fingerprint density at radius 1 is 1.50 bits per heavy atom. The van der Waals surface area contributed by atoms with Crippen LogP contribution in [0.15, 0.2) is 22.2 Å². The zero-order valence-corrected chi connectivity index (χ0v) is 15.1. The number of hydrogen-bond acceptors (Lipinski definition) is 5. The number of nitrogens with zero attached hydrogens (tertiary/aromatic N) is 1. The summed E-state index contributed by atoms with van der Waals surface area (Å²) in [6.07, 6.45) is 2.13. The molecule has 1 aromatic carbocycles. The lowest BCUT2D eigenvalue weighted by atomic mass is 10.1. The first-order chi connectivity index (χ1) is 11.3. The van der Waals surface area contributed by atoms with Crippen molar-refractivity contribution in [2.24, 2.45) is 5.73 Å². The Morgan fingerprint density at radius 3 is 2.67 bits per heavy atom. The first kappa shape index (κ1) is 19.5. The van der Waals surface area contributed by atoms with Gasteiger partial charge >= 0.3 is 6.03 Å². The monoisotopic (exact) mass is 395 g/mol. The average molecular weight is 396 g/mol. The van der Waals surface area contributed by atoms with Gasteiger partial charge in [0.15, 0.2) is 11.5 Å². The molecule has 0 aliphatic heterocycles. The Kier molecular flexibility index (Phi) is 7.27.